The lowest BCUT2D eigenvalue weighted by molar-refractivity contribution is 0.288. The van der Waals surface area contributed by atoms with Gasteiger partial charge >= 0.3 is 0 Å². The van der Waals surface area contributed by atoms with Crippen molar-refractivity contribution < 1.29 is 4.42 Å². The van der Waals surface area contributed by atoms with Gasteiger partial charge in [-0.3, -0.25) is 4.90 Å². The Kier molecular flexibility index (Phi) is 5.19. The molecule has 0 saturated carbocycles. The highest BCUT2D eigenvalue weighted by Gasteiger charge is 2.03. The van der Waals surface area contributed by atoms with Crippen LogP contribution in [0, 0.1) is 0 Å². The highest BCUT2D eigenvalue weighted by Crippen LogP contribution is 2.10. The third-order valence-corrected chi connectivity index (χ3v) is 3.06. The van der Waals surface area contributed by atoms with Crippen LogP contribution in [-0.4, -0.2) is 18.5 Å². The normalized spacial score (nSPS) is 11.1. The van der Waals surface area contributed by atoms with Gasteiger partial charge in [0, 0.05) is 13.1 Å². The molecule has 3 heteroatoms. The van der Waals surface area contributed by atoms with Crippen molar-refractivity contribution in [1.82, 2.24) is 10.2 Å². The molecule has 0 unspecified atom stereocenters. The first-order valence-corrected chi connectivity index (χ1v) is 6.77. The van der Waals surface area contributed by atoms with E-state index < -0.39 is 0 Å². The predicted octanol–water partition coefficient (Wildman–Crippen LogP) is 3.02. The molecular weight excluding hydrogens is 236 g/mol. The number of hydrogen-bond donors (Lipinski definition) is 1. The molecule has 0 aliphatic heterocycles. The summed E-state index contributed by atoms with van der Waals surface area (Å²) >= 11 is 0. The molecular formula is C16H22N2O. The molecule has 0 saturated heterocycles. The average Bonchev–Trinajstić information content (AvgIpc) is 2.90. The highest BCUT2D eigenvalue weighted by atomic mass is 16.3. The Labute approximate surface area is 115 Å². The van der Waals surface area contributed by atoms with Crippen LogP contribution in [-0.2, 0) is 19.6 Å². The van der Waals surface area contributed by atoms with E-state index in [1.165, 1.54) is 11.1 Å². The maximum Gasteiger partial charge on any atom is 0.117 e. The fourth-order valence-electron chi connectivity index (χ4n) is 2.07. The fourth-order valence-corrected chi connectivity index (χ4v) is 2.07. The maximum absolute atomic E-state index is 5.36. The smallest absolute Gasteiger partial charge is 0.117 e. The first kappa shape index (κ1) is 13.8. The molecule has 1 N–H and O–H groups in total. The number of benzene rings is 1. The Morgan fingerprint density at radius 3 is 2.42 bits per heavy atom. The van der Waals surface area contributed by atoms with E-state index in [1.807, 2.05) is 12.1 Å². The fraction of sp³-hybridized carbons (Fsp3) is 0.375. The van der Waals surface area contributed by atoms with E-state index in [-0.39, 0.29) is 0 Å². The molecule has 3 nitrogen and oxygen atoms in total. The average molecular weight is 258 g/mol. The summed E-state index contributed by atoms with van der Waals surface area (Å²) in [4.78, 5) is 2.25. The van der Waals surface area contributed by atoms with E-state index in [1.54, 1.807) is 6.26 Å². The largest absolute Gasteiger partial charge is 0.468 e. The Bertz CT molecular complexity index is 462. The molecule has 19 heavy (non-hydrogen) atoms. The Morgan fingerprint density at radius 1 is 1.05 bits per heavy atom. The van der Waals surface area contributed by atoms with E-state index in [2.05, 4.69) is 48.5 Å². The van der Waals surface area contributed by atoms with Gasteiger partial charge in [0.2, 0.25) is 0 Å². The summed E-state index contributed by atoms with van der Waals surface area (Å²) in [6.45, 7) is 5.85. The number of furan rings is 1. The number of hydrogen-bond acceptors (Lipinski definition) is 3. The van der Waals surface area contributed by atoms with Gasteiger partial charge < -0.3 is 9.73 Å². The van der Waals surface area contributed by atoms with E-state index in [9.17, 15) is 0 Å². The van der Waals surface area contributed by atoms with Gasteiger partial charge in [-0.2, -0.15) is 0 Å². The molecule has 1 heterocycles. The molecule has 2 aromatic rings. The van der Waals surface area contributed by atoms with Crippen molar-refractivity contribution in [2.24, 2.45) is 0 Å². The van der Waals surface area contributed by atoms with Crippen molar-refractivity contribution in [3.63, 3.8) is 0 Å². The zero-order valence-electron chi connectivity index (χ0n) is 11.7. The second kappa shape index (κ2) is 7.12. The molecule has 2 rings (SSSR count). The topological polar surface area (TPSA) is 28.4 Å². The van der Waals surface area contributed by atoms with Crippen LogP contribution in [0.2, 0.25) is 0 Å². The standard InChI is InChI=1S/C16H22N2O/c1-3-17-11-14-6-8-15(9-7-14)12-18(2)13-16-5-4-10-19-16/h4-10,17H,3,11-13H2,1-2H3. The van der Waals surface area contributed by atoms with Crippen LogP contribution >= 0.6 is 0 Å². The van der Waals surface area contributed by atoms with Crippen molar-refractivity contribution in [1.29, 1.82) is 0 Å². The van der Waals surface area contributed by atoms with Crippen molar-refractivity contribution >= 4 is 0 Å². The lowest BCUT2D eigenvalue weighted by Gasteiger charge is -2.15. The summed E-state index contributed by atoms with van der Waals surface area (Å²) in [5, 5.41) is 3.33. The number of nitrogens with one attached hydrogen (secondary N) is 1. The third-order valence-electron chi connectivity index (χ3n) is 3.06. The molecule has 0 spiro atoms. The van der Waals surface area contributed by atoms with E-state index >= 15 is 0 Å². The monoisotopic (exact) mass is 258 g/mol. The minimum absolute atomic E-state index is 0.839. The molecule has 0 atom stereocenters. The van der Waals surface area contributed by atoms with Crippen LogP contribution in [0.25, 0.3) is 0 Å². The van der Waals surface area contributed by atoms with E-state index in [0.29, 0.717) is 0 Å². The summed E-state index contributed by atoms with van der Waals surface area (Å²) in [5.74, 6) is 1.01. The van der Waals surface area contributed by atoms with Gasteiger partial charge in [-0.25, -0.2) is 0 Å². The van der Waals surface area contributed by atoms with E-state index in [0.717, 1.165) is 31.9 Å². The zero-order chi connectivity index (χ0) is 13.5. The lowest BCUT2D eigenvalue weighted by Crippen LogP contribution is -2.17. The first-order chi connectivity index (χ1) is 9.28. The van der Waals surface area contributed by atoms with Gasteiger partial charge in [-0.05, 0) is 36.9 Å². The van der Waals surface area contributed by atoms with Crippen LogP contribution in [0.5, 0.6) is 0 Å². The molecule has 0 aliphatic rings. The predicted molar refractivity (Wildman–Crippen MR) is 77.7 cm³/mol. The van der Waals surface area contributed by atoms with Gasteiger partial charge in [-0.15, -0.1) is 0 Å². The third kappa shape index (κ3) is 4.54. The zero-order valence-corrected chi connectivity index (χ0v) is 11.7. The number of rotatable bonds is 7. The second-order valence-corrected chi connectivity index (χ2v) is 4.85. The quantitative estimate of drug-likeness (QED) is 0.827. The second-order valence-electron chi connectivity index (χ2n) is 4.85. The summed E-state index contributed by atoms with van der Waals surface area (Å²) in [7, 11) is 2.11. The van der Waals surface area contributed by atoms with Crippen LogP contribution in [0.1, 0.15) is 23.8 Å². The highest BCUT2D eigenvalue weighted by molar-refractivity contribution is 5.22. The minimum atomic E-state index is 0.839. The summed E-state index contributed by atoms with van der Waals surface area (Å²) in [6, 6.07) is 12.7. The Morgan fingerprint density at radius 2 is 1.79 bits per heavy atom. The van der Waals surface area contributed by atoms with Crippen LogP contribution in [0.15, 0.2) is 47.1 Å². The Balaban J connectivity index is 1.84. The maximum atomic E-state index is 5.36. The van der Waals surface area contributed by atoms with E-state index in [4.69, 9.17) is 4.42 Å². The molecule has 0 bridgehead atoms. The molecule has 0 aliphatic carbocycles. The summed E-state index contributed by atoms with van der Waals surface area (Å²) in [6.07, 6.45) is 1.72. The van der Waals surface area contributed by atoms with Crippen molar-refractivity contribution in [3.8, 4) is 0 Å². The van der Waals surface area contributed by atoms with Crippen LogP contribution in [0.3, 0.4) is 0 Å². The van der Waals surface area contributed by atoms with Crippen molar-refractivity contribution in [2.75, 3.05) is 13.6 Å². The summed E-state index contributed by atoms with van der Waals surface area (Å²) in [5.41, 5.74) is 2.66. The first-order valence-electron chi connectivity index (χ1n) is 6.77. The molecule has 102 valence electrons. The minimum Gasteiger partial charge on any atom is -0.468 e. The Hall–Kier alpha value is -1.58. The van der Waals surface area contributed by atoms with Crippen LogP contribution in [0.4, 0.5) is 0 Å². The van der Waals surface area contributed by atoms with Crippen LogP contribution < -0.4 is 5.32 Å². The van der Waals surface area contributed by atoms with Crippen molar-refractivity contribution in [3.05, 3.63) is 59.5 Å². The van der Waals surface area contributed by atoms with Gasteiger partial charge in [0.1, 0.15) is 5.76 Å². The number of nitrogens with zero attached hydrogens (tertiary/aromatic N) is 1. The van der Waals surface area contributed by atoms with Gasteiger partial charge in [0.05, 0.1) is 12.8 Å². The van der Waals surface area contributed by atoms with Crippen molar-refractivity contribution in [2.45, 2.75) is 26.6 Å². The molecule has 0 radical (unpaired) electrons. The van der Waals surface area contributed by atoms with Gasteiger partial charge in [0.25, 0.3) is 0 Å². The lowest BCUT2D eigenvalue weighted by atomic mass is 10.1. The summed E-state index contributed by atoms with van der Waals surface area (Å²) < 4.78 is 5.36. The van der Waals surface area contributed by atoms with Gasteiger partial charge in [-0.1, -0.05) is 31.2 Å². The molecule has 0 amide bonds. The SMILES string of the molecule is CCNCc1ccc(CN(C)Cc2ccco2)cc1. The molecule has 0 fully saturated rings. The van der Waals surface area contributed by atoms with Gasteiger partial charge in [0.15, 0.2) is 0 Å². The molecule has 1 aromatic carbocycles. The molecule has 1 aromatic heterocycles.